The summed E-state index contributed by atoms with van der Waals surface area (Å²) in [6.45, 7) is 3.41. The Hall–Kier alpha value is -0.220. The fourth-order valence-electron chi connectivity index (χ4n) is 2.27. The molecule has 17 heavy (non-hydrogen) atoms. The van der Waals surface area contributed by atoms with Gasteiger partial charge in [0.15, 0.2) is 0 Å². The molecule has 0 saturated heterocycles. The van der Waals surface area contributed by atoms with Gasteiger partial charge in [0.05, 0.1) is 0 Å². The van der Waals surface area contributed by atoms with E-state index in [1.54, 1.807) is 0 Å². The lowest BCUT2D eigenvalue weighted by atomic mass is 9.95. The number of hydrogen-bond donors (Lipinski definition) is 1. The van der Waals surface area contributed by atoms with Crippen LogP contribution in [0.5, 0.6) is 0 Å². The van der Waals surface area contributed by atoms with Crippen molar-refractivity contribution in [1.29, 1.82) is 0 Å². The zero-order valence-corrected chi connectivity index (χ0v) is 11.9. The van der Waals surface area contributed by atoms with Crippen molar-refractivity contribution in [2.45, 2.75) is 56.7 Å². The maximum atomic E-state index is 11.7. The lowest BCUT2D eigenvalue weighted by Crippen LogP contribution is -2.39. The molecule has 1 aliphatic rings. The zero-order chi connectivity index (χ0) is 12.5. The van der Waals surface area contributed by atoms with Crippen LogP contribution in [0.25, 0.3) is 0 Å². The monoisotopic (exact) mass is 259 g/mol. The van der Waals surface area contributed by atoms with Gasteiger partial charge in [0.25, 0.3) is 0 Å². The Morgan fingerprint density at radius 2 is 2.29 bits per heavy atom. The maximum Gasteiger partial charge on any atom is 0.220 e. The van der Waals surface area contributed by atoms with Crippen molar-refractivity contribution in [3.8, 4) is 0 Å². The summed E-state index contributed by atoms with van der Waals surface area (Å²) in [6.07, 6.45) is 8.43. The molecule has 1 fully saturated rings. The topological polar surface area (TPSA) is 38.3 Å². The normalized spacial score (nSPS) is 24.6. The van der Waals surface area contributed by atoms with E-state index in [0.29, 0.717) is 19.1 Å². The maximum absolute atomic E-state index is 11.7. The van der Waals surface area contributed by atoms with Gasteiger partial charge in [-0.05, 0) is 38.9 Å². The number of rotatable bonds is 7. The molecule has 0 aromatic rings. The SMILES string of the molecule is CCOCCCC(=O)N[C@H]1CCC[C@@H](SC)C1. The van der Waals surface area contributed by atoms with Crippen LogP contribution in [0, 0.1) is 0 Å². The van der Waals surface area contributed by atoms with Crippen molar-refractivity contribution in [3.63, 3.8) is 0 Å². The van der Waals surface area contributed by atoms with E-state index in [9.17, 15) is 4.79 Å². The van der Waals surface area contributed by atoms with Gasteiger partial charge in [-0.1, -0.05) is 6.42 Å². The van der Waals surface area contributed by atoms with E-state index >= 15 is 0 Å². The van der Waals surface area contributed by atoms with Gasteiger partial charge in [-0.3, -0.25) is 4.79 Å². The lowest BCUT2D eigenvalue weighted by molar-refractivity contribution is -0.122. The molecule has 1 saturated carbocycles. The first kappa shape index (κ1) is 14.8. The van der Waals surface area contributed by atoms with E-state index in [1.165, 1.54) is 12.8 Å². The molecule has 100 valence electrons. The van der Waals surface area contributed by atoms with E-state index in [0.717, 1.165) is 31.1 Å². The summed E-state index contributed by atoms with van der Waals surface area (Å²) >= 11 is 1.93. The second kappa shape index (κ2) is 8.81. The summed E-state index contributed by atoms with van der Waals surface area (Å²) in [4.78, 5) is 11.7. The molecule has 1 aliphatic carbocycles. The van der Waals surface area contributed by atoms with E-state index in [4.69, 9.17) is 4.74 Å². The van der Waals surface area contributed by atoms with Crippen LogP contribution in [0.15, 0.2) is 0 Å². The summed E-state index contributed by atoms with van der Waals surface area (Å²) in [5.74, 6) is 0.191. The third-order valence-corrected chi connectivity index (χ3v) is 4.32. The van der Waals surface area contributed by atoms with Gasteiger partial charge in [0.1, 0.15) is 0 Å². The summed E-state index contributed by atoms with van der Waals surface area (Å²) in [7, 11) is 0. The first-order valence-electron chi connectivity index (χ1n) is 6.66. The van der Waals surface area contributed by atoms with E-state index in [2.05, 4.69) is 11.6 Å². The van der Waals surface area contributed by atoms with Crippen LogP contribution < -0.4 is 5.32 Å². The average molecular weight is 259 g/mol. The summed E-state index contributed by atoms with van der Waals surface area (Å²) < 4.78 is 5.22. The van der Waals surface area contributed by atoms with Crippen molar-refractivity contribution in [3.05, 3.63) is 0 Å². The highest BCUT2D eigenvalue weighted by Crippen LogP contribution is 2.26. The molecular weight excluding hydrogens is 234 g/mol. The van der Waals surface area contributed by atoms with E-state index in [1.807, 2.05) is 18.7 Å². The van der Waals surface area contributed by atoms with Crippen LogP contribution in [0.3, 0.4) is 0 Å². The highest BCUT2D eigenvalue weighted by Gasteiger charge is 2.22. The summed E-state index contributed by atoms with van der Waals surface area (Å²) in [6, 6.07) is 0.404. The standard InChI is InChI=1S/C13H25NO2S/c1-3-16-9-5-8-13(15)14-11-6-4-7-12(10-11)17-2/h11-12H,3-10H2,1-2H3,(H,14,15)/t11-,12+/m0/s1. The highest BCUT2D eigenvalue weighted by atomic mass is 32.2. The minimum absolute atomic E-state index is 0.191. The fourth-order valence-corrected chi connectivity index (χ4v) is 3.10. The van der Waals surface area contributed by atoms with Crippen LogP contribution in [0.4, 0.5) is 0 Å². The molecule has 0 spiro atoms. The van der Waals surface area contributed by atoms with Crippen LogP contribution in [0.1, 0.15) is 45.4 Å². The predicted octanol–water partition coefficient (Wildman–Crippen LogP) is 2.59. The van der Waals surface area contributed by atoms with Crippen LogP contribution in [-0.2, 0) is 9.53 Å². The first-order valence-corrected chi connectivity index (χ1v) is 7.95. The van der Waals surface area contributed by atoms with Gasteiger partial charge in [-0.2, -0.15) is 11.8 Å². The quantitative estimate of drug-likeness (QED) is 0.714. The number of carbonyl (C=O) groups excluding carboxylic acids is 1. The van der Waals surface area contributed by atoms with Crippen LogP contribution >= 0.6 is 11.8 Å². The van der Waals surface area contributed by atoms with Crippen molar-refractivity contribution >= 4 is 17.7 Å². The molecular formula is C13H25NO2S. The number of ether oxygens (including phenoxy) is 1. The number of amides is 1. The van der Waals surface area contributed by atoms with E-state index < -0.39 is 0 Å². The lowest BCUT2D eigenvalue weighted by Gasteiger charge is -2.28. The number of hydrogen-bond acceptors (Lipinski definition) is 3. The highest BCUT2D eigenvalue weighted by molar-refractivity contribution is 7.99. The first-order chi connectivity index (χ1) is 8.26. The van der Waals surface area contributed by atoms with Gasteiger partial charge in [-0.25, -0.2) is 0 Å². The summed E-state index contributed by atoms with van der Waals surface area (Å²) in [5, 5.41) is 3.89. The third kappa shape index (κ3) is 6.32. The Bertz CT molecular complexity index is 223. The minimum Gasteiger partial charge on any atom is -0.382 e. The third-order valence-electron chi connectivity index (χ3n) is 3.22. The Morgan fingerprint density at radius 1 is 1.47 bits per heavy atom. The van der Waals surface area contributed by atoms with Gasteiger partial charge in [0, 0.05) is 30.9 Å². The van der Waals surface area contributed by atoms with Crippen LogP contribution in [0.2, 0.25) is 0 Å². The molecule has 0 aliphatic heterocycles. The predicted molar refractivity (Wildman–Crippen MR) is 73.4 cm³/mol. The Labute approximate surface area is 109 Å². The number of thioether (sulfide) groups is 1. The Balaban J connectivity index is 2.12. The fraction of sp³-hybridized carbons (Fsp3) is 0.923. The molecule has 1 amide bonds. The molecule has 0 radical (unpaired) electrons. The second-order valence-electron chi connectivity index (χ2n) is 4.59. The van der Waals surface area contributed by atoms with Gasteiger partial charge >= 0.3 is 0 Å². The van der Waals surface area contributed by atoms with Crippen LogP contribution in [-0.4, -0.2) is 36.7 Å². The molecule has 1 N–H and O–H groups in total. The Morgan fingerprint density at radius 3 is 3.00 bits per heavy atom. The molecule has 4 heteroatoms. The molecule has 0 unspecified atom stereocenters. The van der Waals surface area contributed by atoms with Gasteiger partial charge in [-0.15, -0.1) is 0 Å². The van der Waals surface area contributed by atoms with Crippen molar-refractivity contribution in [2.24, 2.45) is 0 Å². The largest absolute Gasteiger partial charge is 0.382 e. The molecule has 0 aromatic carbocycles. The smallest absolute Gasteiger partial charge is 0.220 e. The number of nitrogens with one attached hydrogen (secondary N) is 1. The second-order valence-corrected chi connectivity index (χ2v) is 5.73. The minimum atomic E-state index is 0.191. The average Bonchev–Trinajstić information content (AvgIpc) is 2.35. The zero-order valence-electron chi connectivity index (χ0n) is 11.0. The number of carbonyl (C=O) groups is 1. The van der Waals surface area contributed by atoms with Gasteiger partial charge < -0.3 is 10.1 Å². The van der Waals surface area contributed by atoms with E-state index in [-0.39, 0.29) is 5.91 Å². The molecule has 3 nitrogen and oxygen atoms in total. The molecule has 2 atom stereocenters. The van der Waals surface area contributed by atoms with Crippen molar-refractivity contribution in [1.82, 2.24) is 5.32 Å². The Kier molecular flexibility index (Phi) is 7.69. The summed E-state index contributed by atoms with van der Waals surface area (Å²) in [5.41, 5.74) is 0. The van der Waals surface area contributed by atoms with Crippen molar-refractivity contribution in [2.75, 3.05) is 19.5 Å². The molecule has 0 bridgehead atoms. The molecule has 1 rings (SSSR count). The molecule has 0 aromatic heterocycles. The van der Waals surface area contributed by atoms with Gasteiger partial charge in [0.2, 0.25) is 5.91 Å². The van der Waals surface area contributed by atoms with Crippen molar-refractivity contribution < 1.29 is 9.53 Å². The molecule has 0 heterocycles.